The number of rotatable bonds is 2. The lowest BCUT2D eigenvalue weighted by Crippen LogP contribution is -2.01. The fourth-order valence-electron chi connectivity index (χ4n) is 2.78. The fraction of sp³-hybridized carbons (Fsp3) is 0.222. The Labute approximate surface area is 113 Å². The third-order valence-corrected chi connectivity index (χ3v) is 3.77. The fourth-order valence-corrected chi connectivity index (χ4v) is 2.78. The Kier molecular flexibility index (Phi) is 3.45. The Balaban J connectivity index is 2.03. The van der Waals surface area contributed by atoms with Crippen LogP contribution in [0.1, 0.15) is 30.7 Å². The van der Waals surface area contributed by atoms with Crippen molar-refractivity contribution in [1.82, 2.24) is 0 Å². The molecule has 0 radical (unpaired) electrons. The highest BCUT2D eigenvalue weighted by molar-refractivity contribution is 5.68. The van der Waals surface area contributed by atoms with Gasteiger partial charge in [-0.3, -0.25) is 0 Å². The smallest absolute Gasteiger partial charge is 0.123 e. The highest BCUT2D eigenvalue weighted by Crippen LogP contribution is 2.34. The molecule has 3 rings (SSSR count). The normalized spacial score (nSPS) is 18.5. The van der Waals surface area contributed by atoms with Gasteiger partial charge in [0.1, 0.15) is 5.82 Å². The van der Waals surface area contributed by atoms with Crippen molar-refractivity contribution in [1.29, 1.82) is 0 Å². The van der Waals surface area contributed by atoms with Crippen LogP contribution in [0.3, 0.4) is 0 Å². The van der Waals surface area contributed by atoms with Gasteiger partial charge >= 0.3 is 0 Å². The van der Waals surface area contributed by atoms with Crippen LogP contribution in [0.2, 0.25) is 0 Å². The van der Waals surface area contributed by atoms with E-state index in [1.54, 1.807) is 0 Å². The molecule has 0 nitrogen and oxygen atoms in total. The minimum atomic E-state index is -0.182. The Hall–Kier alpha value is -1.89. The lowest BCUT2D eigenvalue weighted by atomic mass is 9.85. The Morgan fingerprint density at radius 1 is 0.947 bits per heavy atom. The summed E-state index contributed by atoms with van der Waals surface area (Å²) in [6, 6.07) is 15.2. The summed E-state index contributed by atoms with van der Waals surface area (Å²) in [4.78, 5) is 0. The summed E-state index contributed by atoms with van der Waals surface area (Å²) < 4.78 is 13.0. The zero-order chi connectivity index (χ0) is 13.1. The Morgan fingerprint density at radius 2 is 1.74 bits per heavy atom. The predicted octanol–water partition coefficient (Wildman–Crippen LogP) is 5.32. The molecule has 96 valence electrons. The van der Waals surface area contributed by atoms with Crippen molar-refractivity contribution < 1.29 is 4.39 Å². The molecular formula is C18H17F. The second-order valence-corrected chi connectivity index (χ2v) is 5.06. The van der Waals surface area contributed by atoms with Gasteiger partial charge in [-0.1, -0.05) is 48.6 Å². The average molecular weight is 252 g/mol. The zero-order valence-corrected chi connectivity index (χ0v) is 10.9. The van der Waals surface area contributed by atoms with Gasteiger partial charge < -0.3 is 0 Å². The van der Waals surface area contributed by atoms with Crippen LogP contribution >= 0.6 is 0 Å². The molecule has 1 heteroatoms. The van der Waals surface area contributed by atoms with Gasteiger partial charge in [0.2, 0.25) is 0 Å². The largest absolute Gasteiger partial charge is 0.207 e. The van der Waals surface area contributed by atoms with Crippen LogP contribution in [0, 0.1) is 5.82 Å². The van der Waals surface area contributed by atoms with Crippen LogP contribution in [0.15, 0.2) is 60.7 Å². The molecule has 2 aromatic rings. The van der Waals surface area contributed by atoms with Crippen molar-refractivity contribution in [2.24, 2.45) is 0 Å². The molecule has 19 heavy (non-hydrogen) atoms. The standard InChI is InChI=1S/C18H17F/c19-16-12-10-15(11-13-16)18-9-5-4-8-17(18)14-6-2-1-3-7-14/h2,4-6,8-14H,1,3,7H2. The van der Waals surface area contributed by atoms with Gasteiger partial charge in [-0.25, -0.2) is 4.39 Å². The van der Waals surface area contributed by atoms with Crippen molar-refractivity contribution in [3.05, 3.63) is 72.1 Å². The summed E-state index contributed by atoms with van der Waals surface area (Å²) in [7, 11) is 0. The van der Waals surface area contributed by atoms with Crippen molar-refractivity contribution >= 4 is 0 Å². The number of hydrogen-bond acceptors (Lipinski definition) is 0. The lowest BCUT2D eigenvalue weighted by Gasteiger charge is -2.20. The third kappa shape index (κ3) is 2.60. The number of allylic oxidation sites excluding steroid dienone is 2. The van der Waals surface area contributed by atoms with Gasteiger partial charge in [-0.15, -0.1) is 0 Å². The number of benzene rings is 2. The SMILES string of the molecule is Fc1ccc(-c2ccccc2C2C=CCCC2)cc1. The summed E-state index contributed by atoms with van der Waals surface area (Å²) in [5, 5.41) is 0. The van der Waals surface area contributed by atoms with E-state index in [0.717, 1.165) is 5.56 Å². The van der Waals surface area contributed by atoms with Crippen LogP contribution in [0.5, 0.6) is 0 Å². The van der Waals surface area contributed by atoms with E-state index in [2.05, 4.69) is 36.4 Å². The molecule has 0 bridgehead atoms. The zero-order valence-electron chi connectivity index (χ0n) is 10.9. The summed E-state index contributed by atoms with van der Waals surface area (Å²) in [5.74, 6) is 0.314. The van der Waals surface area contributed by atoms with E-state index in [-0.39, 0.29) is 5.82 Å². The van der Waals surface area contributed by atoms with Crippen molar-refractivity contribution in [2.45, 2.75) is 25.2 Å². The second-order valence-electron chi connectivity index (χ2n) is 5.06. The van der Waals surface area contributed by atoms with E-state index >= 15 is 0 Å². The minimum Gasteiger partial charge on any atom is -0.207 e. The lowest BCUT2D eigenvalue weighted by molar-refractivity contribution is 0.628. The Bertz CT molecular complexity index is 581. The van der Waals surface area contributed by atoms with E-state index in [4.69, 9.17) is 0 Å². The monoisotopic (exact) mass is 252 g/mol. The first-order valence-corrected chi connectivity index (χ1v) is 6.86. The first-order chi connectivity index (χ1) is 9.34. The maximum Gasteiger partial charge on any atom is 0.123 e. The molecule has 0 amide bonds. The first kappa shape index (κ1) is 12.2. The van der Waals surface area contributed by atoms with Crippen LogP contribution in [0.25, 0.3) is 11.1 Å². The molecule has 0 aromatic heterocycles. The molecule has 1 aliphatic carbocycles. The van der Waals surface area contributed by atoms with Crippen LogP contribution in [-0.2, 0) is 0 Å². The topological polar surface area (TPSA) is 0 Å². The second kappa shape index (κ2) is 5.40. The van der Waals surface area contributed by atoms with Gasteiger partial charge in [0.25, 0.3) is 0 Å². The molecule has 0 spiro atoms. The number of halogens is 1. The highest BCUT2D eigenvalue weighted by atomic mass is 19.1. The van der Waals surface area contributed by atoms with E-state index in [1.165, 1.54) is 42.5 Å². The van der Waals surface area contributed by atoms with Crippen LogP contribution < -0.4 is 0 Å². The van der Waals surface area contributed by atoms with Crippen molar-refractivity contribution in [3.8, 4) is 11.1 Å². The van der Waals surface area contributed by atoms with Gasteiger partial charge in [0, 0.05) is 5.92 Å². The molecule has 0 N–H and O–H groups in total. The molecule has 2 aromatic carbocycles. The minimum absolute atomic E-state index is 0.182. The summed E-state index contributed by atoms with van der Waals surface area (Å²) in [6.07, 6.45) is 8.23. The van der Waals surface area contributed by atoms with Crippen molar-refractivity contribution in [3.63, 3.8) is 0 Å². The Morgan fingerprint density at radius 3 is 2.47 bits per heavy atom. The molecule has 0 aliphatic heterocycles. The van der Waals surface area contributed by atoms with Gasteiger partial charge in [0.05, 0.1) is 0 Å². The van der Waals surface area contributed by atoms with E-state index in [1.807, 2.05) is 12.1 Å². The van der Waals surface area contributed by atoms with Crippen molar-refractivity contribution in [2.75, 3.05) is 0 Å². The molecule has 0 fully saturated rings. The van der Waals surface area contributed by atoms with E-state index < -0.39 is 0 Å². The van der Waals surface area contributed by atoms with Crippen LogP contribution in [0.4, 0.5) is 4.39 Å². The van der Waals surface area contributed by atoms with E-state index in [0.29, 0.717) is 5.92 Å². The molecule has 0 saturated heterocycles. The molecular weight excluding hydrogens is 235 g/mol. The predicted molar refractivity (Wildman–Crippen MR) is 77.6 cm³/mol. The van der Waals surface area contributed by atoms with Crippen LogP contribution in [-0.4, -0.2) is 0 Å². The summed E-state index contributed by atoms with van der Waals surface area (Å²) >= 11 is 0. The molecule has 0 heterocycles. The first-order valence-electron chi connectivity index (χ1n) is 6.86. The summed E-state index contributed by atoms with van der Waals surface area (Å²) in [6.45, 7) is 0. The number of hydrogen-bond donors (Lipinski definition) is 0. The highest BCUT2D eigenvalue weighted by Gasteiger charge is 2.15. The van der Waals surface area contributed by atoms with E-state index in [9.17, 15) is 4.39 Å². The quantitative estimate of drug-likeness (QED) is 0.635. The molecule has 0 saturated carbocycles. The van der Waals surface area contributed by atoms with Gasteiger partial charge in [-0.05, 0) is 48.1 Å². The maximum atomic E-state index is 13.0. The van der Waals surface area contributed by atoms with Gasteiger partial charge in [0.15, 0.2) is 0 Å². The van der Waals surface area contributed by atoms with Gasteiger partial charge in [-0.2, -0.15) is 0 Å². The third-order valence-electron chi connectivity index (χ3n) is 3.77. The molecule has 1 aliphatic rings. The maximum absolute atomic E-state index is 13.0. The summed E-state index contributed by atoms with van der Waals surface area (Å²) in [5.41, 5.74) is 3.67. The molecule has 1 atom stereocenters. The average Bonchev–Trinajstić information content (AvgIpc) is 2.49. The molecule has 1 unspecified atom stereocenters.